The molecule has 7 heteroatoms. The second-order valence-corrected chi connectivity index (χ2v) is 14.5. The van der Waals surface area contributed by atoms with Gasteiger partial charge >= 0.3 is 0 Å². The molecule has 0 saturated carbocycles. The van der Waals surface area contributed by atoms with Crippen LogP contribution < -0.4 is 0 Å². The number of hydrogen-bond acceptors (Lipinski definition) is 6. The number of nitrogens with zero attached hydrogens (tertiary/aromatic N) is 2. The van der Waals surface area contributed by atoms with Gasteiger partial charge < -0.3 is 13.9 Å². The molecule has 1 radical (unpaired) electrons. The third-order valence-corrected chi connectivity index (χ3v) is 10.5. The molecule has 0 saturated heterocycles. The smallest absolute Gasteiger partial charge is 0.164 e. The molecule has 0 unspecified atom stereocenters. The fourth-order valence-electron chi connectivity index (χ4n) is 6.06. The van der Waals surface area contributed by atoms with Gasteiger partial charge in [-0.15, -0.1) is 29.1 Å². The van der Waals surface area contributed by atoms with Crippen LogP contribution in [0, 0.1) is 16.9 Å². The van der Waals surface area contributed by atoms with E-state index >= 15 is 0 Å². The molecule has 4 aromatic heterocycles. The van der Waals surface area contributed by atoms with Gasteiger partial charge in [0, 0.05) is 71.4 Å². The van der Waals surface area contributed by atoms with Crippen LogP contribution in [0.4, 0.5) is 0 Å². The fourth-order valence-corrected chi connectivity index (χ4v) is 6.06. The number of carbonyl (C=O) groups excluding carboxylic acids is 1. The Morgan fingerprint density at radius 3 is 2.18 bits per heavy atom. The number of furan rings is 2. The molecule has 265 valence electrons. The molecule has 0 atom stereocenters. The summed E-state index contributed by atoms with van der Waals surface area (Å²) in [5, 5.41) is 14.4. The predicted octanol–water partition coefficient (Wildman–Crippen LogP) is 12.2. The van der Waals surface area contributed by atoms with Crippen molar-refractivity contribution in [2.75, 3.05) is 0 Å². The van der Waals surface area contributed by atoms with Crippen molar-refractivity contribution in [3.63, 3.8) is 0 Å². The Hall–Kier alpha value is -4.06. The van der Waals surface area contributed by atoms with Crippen LogP contribution in [-0.4, -0.2) is 20.9 Å². The zero-order valence-electron chi connectivity index (χ0n) is 30.7. The van der Waals surface area contributed by atoms with Crippen molar-refractivity contribution in [1.82, 2.24) is 9.97 Å². The summed E-state index contributed by atoms with van der Waals surface area (Å²) >= 11 is 0. The molecule has 0 bridgehead atoms. The Bertz CT molecular complexity index is 2120. The molecule has 0 aliphatic rings. The van der Waals surface area contributed by atoms with Gasteiger partial charge in [-0.1, -0.05) is 91.5 Å². The Balaban J connectivity index is 0.000000269. The summed E-state index contributed by atoms with van der Waals surface area (Å²) in [4.78, 5) is 21.2. The number of aromatic nitrogens is 2. The molecular weight excluding hydrogens is 801 g/mol. The number of benzene rings is 2. The van der Waals surface area contributed by atoms with Gasteiger partial charge in [0.1, 0.15) is 17.1 Å². The second kappa shape index (κ2) is 15.4. The van der Waals surface area contributed by atoms with E-state index in [9.17, 15) is 9.90 Å². The Labute approximate surface area is 309 Å². The van der Waals surface area contributed by atoms with E-state index in [4.69, 9.17) is 13.8 Å². The number of ketones is 1. The molecule has 0 amide bonds. The first-order valence-electron chi connectivity index (χ1n) is 17.4. The minimum absolute atomic E-state index is 0. The minimum atomic E-state index is -0.337. The quantitative estimate of drug-likeness (QED) is 0.0885. The van der Waals surface area contributed by atoms with E-state index in [0.29, 0.717) is 0 Å². The number of pyridine rings is 2. The van der Waals surface area contributed by atoms with Crippen LogP contribution in [0.1, 0.15) is 93.6 Å². The number of rotatable bonds is 9. The van der Waals surface area contributed by atoms with Gasteiger partial charge in [0.2, 0.25) is 0 Å². The molecule has 0 spiro atoms. The van der Waals surface area contributed by atoms with Crippen molar-refractivity contribution in [1.29, 1.82) is 0 Å². The summed E-state index contributed by atoms with van der Waals surface area (Å²) in [5.41, 5.74) is 4.90. The van der Waals surface area contributed by atoms with Gasteiger partial charge in [-0.25, -0.2) is 0 Å². The van der Waals surface area contributed by atoms with Crippen molar-refractivity contribution in [3.8, 4) is 22.6 Å². The maximum absolute atomic E-state index is 12.2. The summed E-state index contributed by atoms with van der Waals surface area (Å²) < 4.78 is 11.8. The first-order chi connectivity index (χ1) is 23.3. The van der Waals surface area contributed by atoms with E-state index in [2.05, 4.69) is 62.2 Å². The molecule has 0 aliphatic heterocycles. The van der Waals surface area contributed by atoms with Gasteiger partial charge in [-0.3, -0.25) is 14.8 Å². The van der Waals surface area contributed by atoms with Crippen LogP contribution in [0.25, 0.3) is 55.3 Å². The van der Waals surface area contributed by atoms with Crippen molar-refractivity contribution in [2.24, 2.45) is 10.8 Å². The molecule has 1 N–H and O–H groups in total. The first kappa shape index (κ1) is 38.7. The number of aliphatic hydroxyl groups excluding tert-OH is 1. The average Bonchev–Trinajstić information content (AvgIpc) is 3.78. The molecule has 4 heterocycles. The third-order valence-electron chi connectivity index (χ3n) is 10.5. The van der Waals surface area contributed by atoms with Crippen molar-refractivity contribution in [3.05, 3.63) is 96.8 Å². The zero-order valence-corrected chi connectivity index (χ0v) is 33.1. The molecule has 0 fully saturated rings. The maximum Gasteiger partial charge on any atom is 0.164 e. The van der Waals surface area contributed by atoms with Crippen LogP contribution in [-0.2, 0) is 30.3 Å². The Morgan fingerprint density at radius 1 is 0.840 bits per heavy atom. The van der Waals surface area contributed by atoms with E-state index in [1.807, 2.05) is 65.9 Å². The van der Waals surface area contributed by atoms with Crippen LogP contribution in [0.2, 0.25) is 0 Å². The monoisotopic (exact) mass is 850 g/mol. The predicted molar refractivity (Wildman–Crippen MR) is 201 cm³/mol. The second-order valence-electron chi connectivity index (χ2n) is 14.5. The van der Waals surface area contributed by atoms with E-state index in [-0.39, 0.29) is 47.9 Å². The summed E-state index contributed by atoms with van der Waals surface area (Å²) in [6.07, 6.45) is 11.7. The number of allylic oxidation sites excluding steroid dienone is 2. The number of aliphatic hydroxyl groups is 1. The summed E-state index contributed by atoms with van der Waals surface area (Å²) in [7, 11) is 0. The molecule has 0 aliphatic carbocycles. The third kappa shape index (κ3) is 7.65. The van der Waals surface area contributed by atoms with E-state index in [1.54, 1.807) is 18.7 Å². The first-order valence-corrected chi connectivity index (χ1v) is 17.4. The normalized spacial score (nSPS) is 12.5. The average molecular weight is 850 g/mol. The Morgan fingerprint density at radius 2 is 1.52 bits per heavy atom. The van der Waals surface area contributed by atoms with Crippen LogP contribution in [0.5, 0.6) is 0 Å². The standard InChI is InChI=1S/C28H21N2O2.C15H28O2.Ir/c1-28(2,3)23-13-18(12-17-6-4-5-7-19(17)23)27-21-14-25(32-24(21)8-10-30-27)22-15-29-16-26-20(22)9-11-31-26;1-7-14(5,8-2)12(16)11-13(17)15(6,9-3)10-4;/h4-11,13-16H,1-3H3;11,16H,7-10H2,1-6H3;/q-1;;/b;12-11-;. The molecule has 6 nitrogen and oxygen atoms in total. The van der Waals surface area contributed by atoms with E-state index in [0.717, 1.165) is 75.6 Å². The summed E-state index contributed by atoms with van der Waals surface area (Å²) in [5.74, 6) is 1.03. The number of fused-ring (bicyclic) bond motifs is 3. The number of carbonyl (C=O) groups is 1. The van der Waals surface area contributed by atoms with E-state index in [1.165, 1.54) is 17.0 Å². The van der Waals surface area contributed by atoms with Gasteiger partial charge in [-0.2, -0.15) is 0 Å². The van der Waals surface area contributed by atoms with E-state index < -0.39 is 0 Å². The van der Waals surface area contributed by atoms with Crippen LogP contribution in [0.3, 0.4) is 0 Å². The van der Waals surface area contributed by atoms with Crippen molar-refractivity contribution >= 4 is 38.5 Å². The SMILES string of the molecule is CC(C)(C)c1cc(-c2nccc3oc(-c4cncc5occc45)cc23)[c-]c2ccccc12.CCC(C)(CC)C(=O)/C=C(\O)C(C)(CC)CC.[Ir]. The van der Waals surface area contributed by atoms with Crippen molar-refractivity contribution in [2.45, 2.75) is 93.4 Å². The van der Waals surface area contributed by atoms with Gasteiger partial charge in [0.25, 0.3) is 0 Å². The van der Waals surface area contributed by atoms with Gasteiger partial charge in [0.15, 0.2) is 11.4 Å². The van der Waals surface area contributed by atoms with Crippen LogP contribution >= 0.6 is 0 Å². The molecule has 50 heavy (non-hydrogen) atoms. The maximum atomic E-state index is 12.2. The molecule has 6 aromatic rings. The van der Waals surface area contributed by atoms with Crippen LogP contribution in [0.15, 0.2) is 94.1 Å². The summed E-state index contributed by atoms with van der Waals surface area (Å²) in [6, 6.07) is 20.1. The number of hydrogen-bond donors (Lipinski definition) is 1. The summed E-state index contributed by atoms with van der Waals surface area (Å²) in [6.45, 7) is 18.8. The molecule has 6 rings (SSSR count). The van der Waals surface area contributed by atoms with Gasteiger partial charge in [-0.05, 0) is 49.3 Å². The Kier molecular flexibility index (Phi) is 12.0. The topological polar surface area (TPSA) is 89.4 Å². The van der Waals surface area contributed by atoms with Gasteiger partial charge in [0.05, 0.1) is 12.5 Å². The van der Waals surface area contributed by atoms with Crippen molar-refractivity contribution < 1.29 is 38.8 Å². The minimum Gasteiger partial charge on any atom is -0.512 e. The molecular formula is C43H49IrN2O4-. The largest absolute Gasteiger partial charge is 0.512 e. The fraction of sp³-hybridized carbons (Fsp3) is 0.372. The molecule has 2 aromatic carbocycles. The zero-order chi connectivity index (χ0) is 35.6.